The molecule has 2 N–H and O–H groups in total. The van der Waals surface area contributed by atoms with Gasteiger partial charge in [-0.1, -0.05) is 19.1 Å². The van der Waals surface area contributed by atoms with Gasteiger partial charge in [0, 0.05) is 18.8 Å². The molecule has 3 heteroatoms. The second kappa shape index (κ2) is 5.69. The van der Waals surface area contributed by atoms with Crippen molar-refractivity contribution in [2.75, 3.05) is 0 Å². The molecule has 0 aromatic carbocycles. The molecule has 0 aliphatic heterocycles. The Balaban J connectivity index is 2.52. The Labute approximate surface area is 90.7 Å². The summed E-state index contributed by atoms with van der Waals surface area (Å²) in [6.45, 7) is 2.06. The fourth-order valence-corrected chi connectivity index (χ4v) is 2.21. The molecule has 1 aliphatic carbocycles. The summed E-state index contributed by atoms with van der Waals surface area (Å²) in [5.74, 6) is 0.206. The summed E-state index contributed by atoms with van der Waals surface area (Å²) in [5.41, 5.74) is 5.17. The fraction of sp³-hybridized carbons (Fsp3) is 0.667. The molecule has 0 bridgehead atoms. The molecule has 1 aliphatic rings. The topological polar surface area (TPSA) is 60.2 Å². The van der Waals surface area contributed by atoms with Crippen LogP contribution in [0.2, 0.25) is 0 Å². The Morgan fingerprint density at radius 3 is 2.87 bits per heavy atom. The van der Waals surface area contributed by atoms with E-state index in [1.165, 1.54) is 0 Å². The number of rotatable bonds is 5. The Bertz CT molecular complexity index is 271. The lowest BCUT2D eigenvalue weighted by molar-refractivity contribution is -0.122. The van der Waals surface area contributed by atoms with E-state index < -0.39 is 0 Å². The zero-order chi connectivity index (χ0) is 11.3. The third-order valence-corrected chi connectivity index (χ3v) is 3.00. The fourth-order valence-electron chi connectivity index (χ4n) is 2.21. The quantitative estimate of drug-likeness (QED) is 0.702. The van der Waals surface area contributed by atoms with E-state index in [2.05, 4.69) is 13.0 Å². The van der Waals surface area contributed by atoms with Gasteiger partial charge in [0.25, 0.3) is 0 Å². The second-order valence-corrected chi connectivity index (χ2v) is 4.16. The number of allylic oxidation sites excluding steroid dienone is 2. The van der Waals surface area contributed by atoms with Gasteiger partial charge in [0.2, 0.25) is 5.91 Å². The van der Waals surface area contributed by atoms with Crippen molar-refractivity contribution in [2.24, 2.45) is 17.6 Å². The van der Waals surface area contributed by atoms with Crippen LogP contribution >= 0.6 is 0 Å². The van der Waals surface area contributed by atoms with E-state index in [4.69, 9.17) is 5.73 Å². The summed E-state index contributed by atoms with van der Waals surface area (Å²) in [7, 11) is 0. The third kappa shape index (κ3) is 3.50. The molecule has 0 unspecified atom stereocenters. The number of nitrogens with two attached hydrogens (primary N) is 1. The molecule has 1 saturated carbocycles. The van der Waals surface area contributed by atoms with Crippen LogP contribution in [0.5, 0.6) is 0 Å². The summed E-state index contributed by atoms with van der Waals surface area (Å²) >= 11 is 0. The molecule has 1 amide bonds. The lowest BCUT2D eigenvalue weighted by Gasteiger charge is -2.14. The number of carbonyl (C=O) groups excluding carboxylic acids is 2. The number of Topliss-reactive ketones (excluding diaryl/α,β-unsaturated/α-hetero) is 1. The first-order chi connectivity index (χ1) is 7.15. The average Bonchev–Trinajstić information content (AvgIpc) is 2.49. The van der Waals surface area contributed by atoms with E-state index in [1.807, 2.05) is 6.08 Å². The van der Waals surface area contributed by atoms with Crippen molar-refractivity contribution in [1.29, 1.82) is 0 Å². The Morgan fingerprint density at radius 2 is 2.27 bits per heavy atom. The molecule has 84 valence electrons. The summed E-state index contributed by atoms with van der Waals surface area (Å²) < 4.78 is 0. The van der Waals surface area contributed by atoms with Crippen LogP contribution in [0.15, 0.2) is 12.2 Å². The van der Waals surface area contributed by atoms with Crippen molar-refractivity contribution in [3.05, 3.63) is 12.2 Å². The first-order valence-electron chi connectivity index (χ1n) is 5.61. The van der Waals surface area contributed by atoms with E-state index in [9.17, 15) is 9.59 Å². The van der Waals surface area contributed by atoms with Crippen LogP contribution < -0.4 is 5.73 Å². The standard InChI is InChI=1S/C12H19NO2/c1-2-3-4-5-10-9(8-12(13)15)6-7-11(10)14/h3-4,9-10H,2,5-8H2,1H3,(H2,13,15)/b4-3-/t9-,10+/m1/s1. The van der Waals surface area contributed by atoms with Gasteiger partial charge in [-0.05, 0) is 25.2 Å². The Hall–Kier alpha value is -1.12. The van der Waals surface area contributed by atoms with Gasteiger partial charge in [-0.2, -0.15) is 0 Å². The number of primary amides is 1. The summed E-state index contributed by atoms with van der Waals surface area (Å²) in [6, 6.07) is 0. The monoisotopic (exact) mass is 209 g/mol. The molecular weight excluding hydrogens is 190 g/mol. The van der Waals surface area contributed by atoms with E-state index in [-0.39, 0.29) is 17.7 Å². The molecule has 0 heterocycles. The lowest BCUT2D eigenvalue weighted by atomic mass is 9.89. The van der Waals surface area contributed by atoms with Crippen LogP contribution in [0.3, 0.4) is 0 Å². The van der Waals surface area contributed by atoms with Gasteiger partial charge in [-0.15, -0.1) is 0 Å². The van der Waals surface area contributed by atoms with Gasteiger partial charge in [0.15, 0.2) is 0 Å². The van der Waals surface area contributed by atoms with Gasteiger partial charge in [-0.3, -0.25) is 9.59 Å². The predicted octanol–water partition coefficient (Wildman–Crippen LogP) is 1.81. The lowest BCUT2D eigenvalue weighted by Crippen LogP contribution is -2.21. The summed E-state index contributed by atoms with van der Waals surface area (Å²) in [4.78, 5) is 22.4. The minimum absolute atomic E-state index is 0.0281. The van der Waals surface area contributed by atoms with Crippen LogP contribution in [0.1, 0.15) is 39.0 Å². The number of ketones is 1. The maximum Gasteiger partial charge on any atom is 0.217 e. The van der Waals surface area contributed by atoms with Crippen LogP contribution in [-0.4, -0.2) is 11.7 Å². The highest BCUT2D eigenvalue weighted by Gasteiger charge is 2.34. The maximum atomic E-state index is 11.6. The molecule has 0 radical (unpaired) electrons. The van der Waals surface area contributed by atoms with Crippen molar-refractivity contribution in [1.82, 2.24) is 0 Å². The molecule has 0 spiro atoms. The van der Waals surface area contributed by atoms with Crippen molar-refractivity contribution in [2.45, 2.75) is 39.0 Å². The highest BCUT2D eigenvalue weighted by Crippen LogP contribution is 2.33. The first kappa shape index (κ1) is 12.0. The maximum absolute atomic E-state index is 11.6. The van der Waals surface area contributed by atoms with Crippen molar-refractivity contribution < 1.29 is 9.59 Å². The Morgan fingerprint density at radius 1 is 1.53 bits per heavy atom. The molecule has 0 aromatic rings. The zero-order valence-electron chi connectivity index (χ0n) is 9.24. The number of hydrogen-bond donors (Lipinski definition) is 1. The van der Waals surface area contributed by atoms with Crippen LogP contribution in [0, 0.1) is 11.8 Å². The molecular formula is C12H19NO2. The minimum Gasteiger partial charge on any atom is -0.370 e. The highest BCUT2D eigenvalue weighted by molar-refractivity contribution is 5.85. The summed E-state index contributed by atoms with van der Waals surface area (Å²) in [6.07, 6.45) is 7.66. The first-order valence-corrected chi connectivity index (χ1v) is 5.61. The van der Waals surface area contributed by atoms with Crippen LogP contribution in [0.4, 0.5) is 0 Å². The van der Waals surface area contributed by atoms with Gasteiger partial charge in [0.1, 0.15) is 5.78 Å². The number of carbonyl (C=O) groups is 2. The smallest absolute Gasteiger partial charge is 0.217 e. The van der Waals surface area contributed by atoms with Gasteiger partial charge in [-0.25, -0.2) is 0 Å². The SMILES string of the molecule is CC/C=C\C[C@@H]1C(=O)CC[C@@H]1CC(N)=O. The zero-order valence-corrected chi connectivity index (χ0v) is 9.24. The largest absolute Gasteiger partial charge is 0.370 e. The summed E-state index contributed by atoms with van der Waals surface area (Å²) in [5, 5.41) is 0. The van der Waals surface area contributed by atoms with E-state index in [0.717, 1.165) is 19.3 Å². The average molecular weight is 209 g/mol. The van der Waals surface area contributed by atoms with Crippen molar-refractivity contribution in [3.63, 3.8) is 0 Å². The van der Waals surface area contributed by atoms with Gasteiger partial charge >= 0.3 is 0 Å². The molecule has 2 atom stereocenters. The molecule has 15 heavy (non-hydrogen) atoms. The van der Waals surface area contributed by atoms with E-state index in [1.54, 1.807) is 0 Å². The third-order valence-electron chi connectivity index (χ3n) is 3.00. The number of amides is 1. The molecule has 1 rings (SSSR count). The highest BCUT2D eigenvalue weighted by atomic mass is 16.1. The second-order valence-electron chi connectivity index (χ2n) is 4.16. The molecule has 0 saturated heterocycles. The Kier molecular flexibility index (Phi) is 4.53. The predicted molar refractivity (Wildman–Crippen MR) is 59.1 cm³/mol. The van der Waals surface area contributed by atoms with Gasteiger partial charge in [0.05, 0.1) is 0 Å². The normalized spacial score (nSPS) is 26.3. The molecule has 1 fully saturated rings. The van der Waals surface area contributed by atoms with Crippen molar-refractivity contribution >= 4 is 11.7 Å². The molecule has 3 nitrogen and oxygen atoms in total. The minimum atomic E-state index is -0.292. The van der Waals surface area contributed by atoms with Gasteiger partial charge < -0.3 is 5.73 Å². The van der Waals surface area contributed by atoms with E-state index in [0.29, 0.717) is 18.6 Å². The van der Waals surface area contributed by atoms with Crippen LogP contribution in [-0.2, 0) is 9.59 Å². The van der Waals surface area contributed by atoms with Crippen molar-refractivity contribution in [3.8, 4) is 0 Å². The molecule has 0 aromatic heterocycles. The number of hydrogen-bond acceptors (Lipinski definition) is 2. The van der Waals surface area contributed by atoms with Crippen LogP contribution in [0.25, 0.3) is 0 Å². The van der Waals surface area contributed by atoms with E-state index >= 15 is 0 Å².